The van der Waals surface area contributed by atoms with Gasteiger partial charge in [0, 0.05) is 25.1 Å². The minimum Gasteiger partial charge on any atom is -0.494 e. The van der Waals surface area contributed by atoms with Crippen LogP contribution in [0, 0.1) is 17.8 Å². The zero-order chi connectivity index (χ0) is 29.1. The molecule has 2 aliphatic rings. The van der Waals surface area contributed by atoms with Crippen molar-refractivity contribution in [2.75, 3.05) is 32.8 Å². The van der Waals surface area contributed by atoms with E-state index in [-0.39, 0.29) is 18.0 Å². The first-order valence-corrected chi connectivity index (χ1v) is 14.7. The van der Waals surface area contributed by atoms with E-state index in [0.717, 1.165) is 45.2 Å². The average Bonchev–Trinajstić information content (AvgIpc) is 2.94. The highest BCUT2D eigenvalue weighted by Crippen LogP contribution is 2.22. The number of hydrogen-bond acceptors (Lipinski definition) is 6. The maximum Gasteiger partial charge on any atom is 0.350 e. The maximum atomic E-state index is 13.1. The number of carboxylic acid groups (broad SMARTS) is 1. The van der Waals surface area contributed by atoms with Crippen molar-refractivity contribution in [2.45, 2.75) is 77.8 Å². The van der Waals surface area contributed by atoms with Crippen molar-refractivity contribution in [1.82, 2.24) is 20.9 Å². The first-order valence-electron chi connectivity index (χ1n) is 14.7. The molecule has 0 aromatic heterocycles. The molecule has 2 saturated heterocycles. The Morgan fingerprint density at radius 2 is 1.80 bits per heavy atom. The molecule has 0 aliphatic carbocycles. The number of ether oxygens (including phenoxy) is 1. The molecule has 0 saturated carbocycles. The smallest absolute Gasteiger partial charge is 0.350 e. The summed E-state index contributed by atoms with van der Waals surface area (Å²) < 4.78 is 5.71. The van der Waals surface area contributed by atoms with Crippen LogP contribution in [0.1, 0.15) is 82.5 Å². The van der Waals surface area contributed by atoms with Gasteiger partial charge in [0.25, 0.3) is 5.91 Å². The Morgan fingerprint density at radius 3 is 2.45 bits per heavy atom. The zero-order valence-electron chi connectivity index (χ0n) is 24.2. The van der Waals surface area contributed by atoms with Gasteiger partial charge in [0.1, 0.15) is 5.75 Å². The SMILES string of the molecule is CC(C)CCCOc1ccc(C(=O)N[C@@](C)(NC(=O)C2CCCN(C(=O)CCC3CCNCC3)C2)C(=O)O)cc1. The molecule has 0 bridgehead atoms. The number of likely N-dealkylation sites (tertiary alicyclic amines) is 1. The topological polar surface area (TPSA) is 137 Å². The van der Waals surface area contributed by atoms with E-state index in [0.29, 0.717) is 50.0 Å². The summed E-state index contributed by atoms with van der Waals surface area (Å²) in [7, 11) is 0. The minimum absolute atomic E-state index is 0.0395. The van der Waals surface area contributed by atoms with Crippen LogP contribution in [0.3, 0.4) is 0 Å². The van der Waals surface area contributed by atoms with Gasteiger partial charge in [-0.2, -0.15) is 0 Å². The standard InChI is InChI=1S/C30H46N4O6/c1-21(2)6-5-19-40-25-11-9-23(10-12-25)27(36)32-30(3,29(38)39)33-28(37)24-7-4-18-34(20-24)26(35)13-8-22-14-16-31-17-15-22/h9-12,21-22,24,31H,4-8,13-20H2,1-3H3,(H,32,36)(H,33,37)(H,38,39)/t24?,30-/m0/s1. The Kier molecular flexibility index (Phi) is 11.8. The van der Waals surface area contributed by atoms with Crippen LogP contribution in [0.2, 0.25) is 0 Å². The second kappa shape index (κ2) is 15.0. The molecule has 3 rings (SSSR count). The number of hydrogen-bond donors (Lipinski definition) is 4. The van der Waals surface area contributed by atoms with E-state index < -0.39 is 29.4 Å². The van der Waals surface area contributed by atoms with E-state index in [1.807, 2.05) is 0 Å². The second-order valence-electron chi connectivity index (χ2n) is 11.7. The summed E-state index contributed by atoms with van der Waals surface area (Å²) in [5.74, 6) is -1.23. The van der Waals surface area contributed by atoms with Gasteiger partial charge < -0.3 is 30.7 Å². The highest BCUT2D eigenvalue weighted by atomic mass is 16.5. The van der Waals surface area contributed by atoms with Gasteiger partial charge in [-0.3, -0.25) is 14.4 Å². The Balaban J connectivity index is 1.52. The van der Waals surface area contributed by atoms with E-state index >= 15 is 0 Å². The van der Waals surface area contributed by atoms with Crippen LogP contribution in [0.5, 0.6) is 5.75 Å². The van der Waals surface area contributed by atoms with E-state index in [9.17, 15) is 24.3 Å². The molecule has 10 nitrogen and oxygen atoms in total. The van der Waals surface area contributed by atoms with Crippen LogP contribution in [0.25, 0.3) is 0 Å². The van der Waals surface area contributed by atoms with Gasteiger partial charge in [-0.25, -0.2) is 4.79 Å². The summed E-state index contributed by atoms with van der Waals surface area (Å²) in [4.78, 5) is 52.7. The molecule has 0 spiro atoms. The second-order valence-corrected chi connectivity index (χ2v) is 11.7. The molecule has 2 atom stereocenters. The van der Waals surface area contributed by atoms with E-state index in [4.69, 9.17) is 4.74 Å². The van der Waals surface area contributed by atoms with Crippen molar-refractivity contribution >= 4 is 23.7 Å². The number of carboxylic acids is 1. The van der Waals surface area contributed by atoms with Crippen LogP contribution in [-0.2, 0) is 14.4 Å². The summed E-state index contributed by atoms with van der Waals surface area (Å²) >= 11 is 0. The summed E-state index contributed by atoms with van der Waals surface area (Å²) in [6, 6.07) is 6.46. The summed E-state index contributed by atoms with van der Waals surface area (Å²) in [5.41, 5.74) is -1.76. The van der Waals surface area contributed by atoms with Crippen LogP contribution in [0.4, 0.5) is 0 Å². The first-order chi connectivity index (χ1) is 19.1. The number of aliphatic carboxylic acids is 1. The third-order valence-electron chi connectivity index (χ3n) is 7.85. The van der Waals surface area contributed by atoms with Crippen LogP contribution in [0.15, 0.2) is 24.3 Å². The maximum absolute atomic E-state index is 13.1. The van der Waals surface area contributed by atoms with Crippen molar-refractivity contribution in [3.05, 3.63) is 29.8 Å². The Hall–Kier alpha value is -3.14. The molecular weight excluding hydrogens is 512 g/mol. The molecule has 10 heteroatoms. The number of rotatable bonds is 13. The molecule has 1 aromatic carbocycles. The van der Waals surface area contributed by atoms with Crippen LogP contribution in [-0.4, -0.2) is 72.1 Å². The number of piperidine rings is 2. The summed E-state index contributed by atoms with van der Waals surface area (Å²) in [5, 5.41) is 18.2. The van der Waals surface area contributed by atoms with Gasteiger partial charge in [-0.1, -0.05) is 13.8 Å². The lowest BCUT2D eigenvalue weighted by atomic mass is 9.92. The number of nitrogens with one attached hydrogen (secondary N) is 3. The van der Waals surface area contributed by atoms with Gasteiger partial charge in [0.15, 0.2) is 0 Å². The van der Waals surface area contributed by atoms with Gasteiger partial charge >= 0.3 is 5.97 Å². The van der Waals surface area contributed by atoms with Crippen LogP contribution < -0.4 is 20.7 Å². The van der Waals surface area contributed by atoms with Gasteiger partial charge in [0.2, 0.25) is 17.5 Å². The Labute approximate surface area is 237 Å². The first kappa shape index (κ1) is 31.4. The molecule has 2 fully saturated rings. The third-order valence-corrected chi connectivity index (χ3v) is 7.85. The lowest BCUT2D eigenvalue weighted by Crippen LogP contribution is -2.65. The zero-order valence-corrected chi connectivity index (χ0v) is 24.2. The van der Waals surface area contributed by atoms with E-state index in [2.05, 4.69) is 29.8 Å². The highest BCUT2D eigenvalue weighted by molar-refractivity contribution is 5.99. The monoisotopic (exact) mass is 558 g/mol. The molecule has 1 unspecified atom stereocenters. The Bertz CT molecular complexity index is 1010. The van der Waals surface area contributed by atoms with Crippen molar-refractivity contribution in [3.63, 3.8) is 0 Å². The minimum atomic E-state index is -2.01. The Morgan fingerprint density at radius 1 is 1.10 bits per heavy atom. The van der Waals surface area contributed by atoms with Gasteiger partial charge in [-0.15, -0.1) is 0 Å². The van der Waals surface area contributed by atoms with Gasteiger partial charge in [-0.05, 0) is 101 Å². The largest absolute Gasteiger partial charge is 0.494 e. The van der Waals surface area contributed by atoms with Crippen molar-refractivity contribution in [3.8, 4) is 5.75 Å². The lowest BCUT2D eigenvalue weighted by Gasteiger charge is -2.35. The summed E-state index contributed by atoms with van der Waals surface area (Å²) in [6.45, 7) is 8.96. The summed E-state index contributed by atoms with van der Waals surface area (Å²) in [6.07, 6.45) is 6.68. The fraction of sp³-hybridized carbons (Fsp3) is 0.667. The van der Waals surface area contributed by atoms with Crippen molar-refractivity contribution < 1.29 is 29.0 Å². The quantitative estimate of drug-likeness (QED) is 0.216. The molecule has 3 amide bonds. The lowest BCUT2D eigenvalue weighted by molar-refractivity contribution is -0.149. The molecular formula is C30H46N4O6. The van der Waals surface area contributed by atoms with Crippen LogP contribution >= 0.6 is 0 Å². The fourth-order valence-corrected chi connectivity index (χ4v) is 5.24. The molecule has 2 aliphatic heterocycles. The average molecular weight is 559 g/mol. The molecule has 4 N–H and O–H groups in total. The molecule has 2 heterocycles. The van der Waals surface area contributed by atoms with Crippen molar-refractivity contribution in [1.29, 1.82) is 0 Å². The normalized spacial score (nSPS) is 19.5. The molecule has 222 valence electrons. The van der Waals surface area contributed by atoms with E-state index in [1.54, 1.807) is 29.2 Å². The molecule has 0 radical (unpaired) electrons. The number of nitrogens with zero attached hydrogens (tertiary/aromatic N) is 1. The number of carbonyl (C=O) groups is 4. The van der Waals surface area contributed by atoms with Crippen molar-refractivity contribution in [2.24, 2.45) is 17.8 Å². The van der Waals surface area contributed by atoms with Gasteiger partial charge in [0.05, 0.1) is 12.5 Å². The molecule has 1 aromatic rings. The third kappa shape index (κ3) is 9.50. The highest BCUT2D eigenvalue weighted by Gasteiger charge is 2.39. The predicted octanol–water partition coefficient (Wildman–Crippen LogP) is 3.17. The fourth-order valence-electron chi connectivity index (χ4n) is 5.24. The number of amides is 3. The molecule has 40 heavy (non-hydrogen) atoms. The van der Waals surface area contributed by atoms with E-state index in [1.165, 1.54) is 6.92 Å². The predicted molar refractivity (Wildman–Crippen MR) is 152 cm³/mol. The number of carbonyl (C=O) groups excluding carboxylic acids is 3. The number of benzene rings is 1.